The van der Waals surface area contributed by atoms with Crippen molar-refractivity contribution in [2.75, 3.05) is 4.90 Å². The van der Waals surface area contributed by atoms with Crippen molar-refractivity contribution in [1.82, 2.24) is 0 Å². The molecule has 0 unspecified atom stereocenters. The van der Waals surface area contributed by atoms with Crippen LogP contribution >= 0.6 is 0 Å². The molecule has 1 aliphatic rings. The minimum atomic E-state index is -0.268. The number of hydrogen-bond donors (Lipinski definition) is 1. The fourth-order valence-corrected chi connectivity index (χ4v) is 3.32. The van der Waals surface area contributed by atoms with Crippen molar-refractivity contribution >= 4 is 11.6 Å². The Morgan fingerprint density at radius 1 is 1.30 bits per heavy atom. The summed E-state index contributed by atoms with van der Waals surface area (Å²) in [6.45, 7) is 2.82. The summed E-state index contributed by atoms with van der Waals surface area (Å²) in [7, 11) is 0. The number of anilines is 1. The number of nitriles is 1. The van der Waals surface area contributed by atoms with E-state index in [1.807, 2.05) is 42.5 Å². The molecule has 0 aliphatic carbocycles. The minimum Gasteiger partial charge on any atom is -0.369 e. The van der Waals surface area contributed by atoms with Crippen LogP contribution < -0.4 is 10.6 Å². The van der Waals surface area contributed by atoms with Gasteiger partial charge in [0.25, 0.3) is 0 Å². The first kappa shape index (κ1) is 15.1. The number of carbonyl (C=O) groups is 1. The molecule has 1 amide bonds. The molecule has 2 aromatic rings. The summed E-state index contributed by atoms with van der Waals surface area (Å²) >= 11 is 0. The molecule has 3 rings (SSSR count). The van der Waals surface area contributed by atoms with Gasteiger partial charge in [-0.15, -0.1) is 0 Å². The maximum atomic E-state index is 11.8. The Hall–Kier alpha value is -2.80. The van der Waals surface area contributed by atoms with Crippen molar-refractivity contribution in [2.45, 2.75) is 31.8 Å². The lowest BCUT2D eigenvalue weighted by atomic mass is 9.85. The fraction of sp³-hybridized carbons (Fsp3) is 0.263. The first-order valence-corrected chi connectivity index (χ1v) is 7.74. The number of nitrogens with two attached hydrogens (primary N) is 1. The average molecular weight is 305 g/mol. The van der Waals surface area contributed by atoms with Crippen LogP contribution in [-0.4, -0.2) is 11.9 Å². The van der Waals surface area contributed by atoms with Crippen molar-refractivity contribution in [3.63, 3.8) is 0 Å². The van der Waals surface area contributed by atoms with Gasteiger partial charge in [0.15, 0.2) is 0 Å². The van der Waals surface area contributed by atoms with Crippen LogP contribution in [0.5, 0.6) is 0 Å². The Kier molecular flexibility index (Phi) is 4.03. The minimum absolute atomic E-state index is 0.202. The Morgan fingerprint density at radius 2 is 2.09 bits per heavy atom. The molecular formula is C19H19N3O. The Labute approximate surface area is 136 Å². The van der Waals surface area contributed by atoms with Crippen molar-refractivity contribution in [3.8, 4) is 6.07 Å². The zero-order chi connectivity index (χ0) is 16.4. The number of primary amides is 1. The van der Waals surface area contributed by atoms with Gasteiger partial charge in [0.2, 0.25) is 5.91 Å². The number of carbonyl (C=O) groups excluding carboxylic acids is 1. The first-order valence-electron chi connectivity index (χ1n) is 7.74. The summed E-state index contributed by atoms with van der Waals surface area (Å²) in [4.78, 5) is 14.1. The second-order valence-corrected chi connectivity index (χ2v) is 6.04. The molecule has 4 nitrogen and oxygen atoms in total. The van der Waals surface area contributed by atoms with Crippen molar-refractivity contribution in [3.05, 3.63) is 65.2 Å². The fourth-order valence-electron chi connectivity index (χ4n) is 3.32. The quantitative estimate of drug-likeness (QED) is 0.947. The monoisotopic (exact) mass is 305 g/mol. The van der Waals surface area contributed by atoms with Crippen LogP contribution in [0, 0.1) is 11.3 Å². The number of para-hydroxylation sites is 1. The van der Waals surface area contributed by atoms with E-state index in [9.17, 15) is 4.79 Å². The molecule has 0 spiro atoms. The molecule has 2 N–H and O–H groups in total. The lowest BCUT2D eigenvalue weighted by Gasteiger charge is -2.40. The summed E-state index contributed by atoms with van der Waals surface area (Å²) in [5.41, 5.74) is 9.38. The normalized spacial score (nSPS) is 19.7. The van der Waals surface area contributed by atoms with Gasteiger partial charge in [-0.2, -0.15) is 5.26 Å². The molecule has 4 heteroatoms. The highest BCUT2D eigenvalue weighted by atomic mass is 16.1. The molecule has 23 heavy (non-hydrogen) atoms. The number of rotatable bonds is 3. The molecule has 0 fully saturated rings. The molecule has 0 saturated heterocycles. The van der Waals surface area contributed by atoms with Gasteiger partial charge in [-0.05, 0) is 42.7 Å². The highest BCUT2D eigenvalue weighted by Crippen LogP contribution is 2.38. The molecule has 2 aromatic carbocycles. The SMILES string of the molecule is C[C@H]1C[C@@H](C(N)=O)c2ccccc2N1Cc1cccc(C#N)c1. The Bertz CT molecular complexity index is 778. The molecule has 0 saturated carbocycles. The van der Waals surface area contributed by atoms with Gasteiger partial charge in [0, 0.05) is 18.3 Å². The average Bonchev–Trinajstić information content (AvgIpc) is 2.57. The molecule has 116 valence electrons. The molecule has 1 aliphatic heterocycles. The Balaban J connectivity index is 1.97. The van der Waals surface area contributed by atoms with Gasteiger partial charge in [-0.3, -0.25) is 4.79 Å². The van der Waals surface area contributed by atoms with Crippen LogP contribution in [0.25, 0.3) is 0 Å². The third kappa shape index (κ3) is 2.91. The van der Waals surface area contributed by atoms with Crippen molar-refractivity contribution < 1.29 is 4.79 Å². The molecule has 0 aromatic heterocycles. The number of hydrogen-bond acceptors (Lipinski definition) is 3. The maximum absolute atomic E-state index is 11.8. The zero-order valence-corrected chi connectivity index (χ0v) is 13.1. The predicted octanol–water partition coefficient (Wildman–Crippen LogP) is 2.93. The third-order valence-electron chi connectivity index (χ3n) is 4.48. The summed E-state index contributed by atoms with van der Waals surface area (Å²) in [6, 6.07) is 18.0. The lowest BCUT2D eigenvalue weighted by Crippen LogP contribution is -2.41. The number of amides is 1. The topological polar surface area (TPSA) is 70.1 Å². The molecular weight excluding hydrogens is 286 g/mol. The zero-order valence-electron chi connectivity index (χ0n) is 13.1. The van der Waals surface area contributed by atoms with E-state index >= 15 is 0 Å². The van der Waals surface area contributed by atoms with Crippen LogP contribution in [0.15, 0.2) is 48.5 Å². The summed E-state index contributed by atoms with van der Waals surface area (Å²) < 4.78 is 0. The first-order chi connectivity index (χ1) is 11.1. The van der Waals surface area contributed by atoms with Crippen LogP contribution in [0.3, 0.4) is 0 Å². The maximum Gasteiger partial charge on any atom is 0.225 e. The van der Waals surface area contributed by atoms with Crippen LogP contribution in [0.1, 0.15) is 36.0 Å². The van der Waals surface area contributed by atoms with Crippen molar-refractivity contribution in [2.24, 2.45) is 5.73 Å². The number of benzene rings is 2. The van der Waals surface area contributed by atoms with Gasteiger partial charge in [-0.1, -0.05) is 30.3 Å². The number of fused-ring (bicyclic) bond motifs is 1. The van der Waals surface area contributed by atoms with E-state index in [4.69, 9.17) is 11.0 Å². The second-order valence-electron chi connectivity index (χ2n) is 6.04. The standard InChI is InChI=1S/C19H19N3O/c1-13-9-17(19(21)23)16-7-2-3-8-18(16)22(13)12-15-6-4-5-14(10-15)11-20/h2-8,10,13,17H,9,12H2,1H3,(H2,21,23)/t13-,17+/m0/s1. The van der Waals surface area contributed by atoms with Gasteiger partial charge in [-0.25, -0.2) is 0 Å². The smallest absolute Gasteiger partial charge is 0.225 e. The van der Waals surface area contributed by atoms with E-state index in [2.05, 4.69) is 17.9 Å². The third-order valence-corrected chi connectivity index (χ3v) is 4.48. The molecule has 2 atom stereocenters. The summed E-state index contributed by atoms with van der Waals surface area (Å²) in [5, 5.41) is 9.06. The van der Waals surface area contributed by atoms with E-state index in [-0.39, 0.29) is 17.9 Å². The highest BCUT2D eigenvalue weighted by Gasteiger charge is 2.32. The van der Waals surface area contributed by atoms with Crippen LogP contribution in [0.4, 0.5) is 5.69 Å². The highest BCUT2D eigenvalue weighted by molar-refractivity contribution is 5.85. The largest absolute Gasteiger partial charge is 0.369 e. The lowest BCUT2D eigenvalue weighted by molar-refractivity contribution is -0.119. The van der Waals surface area contributed by atoms with E-state index in [0.29, 0.717) is 18.5 Å². The van der Waals surface area contributed by atoms with E-state index in [1.54, 1.807) is 6.07 Å². The second kappa shape index (κ2) is 6.13. The van der Waals surface area contributed by atoms with E-state index in [1.165, 1.54) is 0 Å². The summed E-state index contributed by atoms with van der Waals surface area (Å²) in [5.74, 6) is -0.502. The van der Waals surface area contributed by atoms with Crippen LogP contribution in [-0.2, 0) is 11.3 Å². The van der Waals surface area contributed by atoms with Gasteiger partial charge in [0.05, 0.1) is 17.6 Å². The van der Waals surface area contributed by atoms with E-state index in [0.717, 1.165) is 16.8 Å². The molecule has 0 radical (unpaired) electrons. The van der Waals surface area contributed by atoms with Crippen LogP contribution in [0.2, 0.25) is 0 Å². The van der Waals surface area contributed by atoms with Gasteiger partial charge >= 0.3 is 0 Å². The Morgan fingerprint density at radius 3 is 2.83 bits per heavy atom. The van der Waals surface area contributed by atoms with Crippen molar-refractivity contribution in [1.29, 1.82) is 5.26 Å². The van der Waals surface area contributed by atoms with Gasteiger partial charge < -0.3 is 10.6 Å². The molecule has 1 heterocycles. The van der Waals surface area contributed by atoms with Gasteiger partial charge in [0.1, 0.15) is 0 Å². The molecule has 0 bridgehead atoms. The summed E-state index contributed by atoms with van der Waals surface area (Å²) in [6.07, 6.45) is 0.713. The van der Waals surface area contributed by atoms with E-state index < -0.39 is 0 Å². The predicted molar refractivity (Wildman–Crippen MR) is 89.8 cm³/mol. The number of nitrogens with zero attached hydrogens (tertiary/aromatic N) is 2.